The quantitative estimate of drug-likeness (QED) is 0.714. The van der Waals surface area contributed by atoms with Crippen LogP contribution in [0, 0.1) is 0 Å². The van der Waals surface area contributed by atoms with Crippen molar-refractivity contribution in [3.8, 4) is 11.3 Å². The molecule has 4 nitrogen and oxygen atoms in total. The number of aromatic nitrogens is 3. The highest BCUT2D eigenvalue weighted by molar-refractivity contribution is 5.85. The van der Waals surface area contributed by atoms with Crippen molar-refractivity contribution in [3.63, 3.8) is 0 Å². The summed E-state index contributed by atoms with van der Waals surface area (Å²) in [5.74, 6) is 0.896. The Kier molecular flexibility index (Phi) is 7.45. The summed E-state index contributed by atoms with van der Waals surface area (Å²) < 4.78 is 0. The van der Waals surface area contributed by atoms with Crippen LogP contribution in [0.5, 0.6) is 0 Å². The van der Waals surface area contributed by atoms with Crippen LogP contribution >= 0.6 is 24.8 Å². The Morgan fingerprint density at radius 1 is 0.957 bits per heavy atom. The Balaban J connectivity index is 0.00000132. The van der Waals surface area contributed by atoms with E-state index in [2.05, 4.69) is 25.9 Å². The van der Waals surface area contributed by atoms with Crippen molar-refractivity contribution in [3.05, 3.63) is 72.8 Å². The Morgan fingerprint density at radius 2 is 1.74 bits per heavy atom. The number of pyridine rings is 1. The van der Waals surface area contributed by atoms with E-state index < -0.39 is 0 Å². The summed E-state index contributed by atoms with van der Waals surface area (Å²) in [6.45, 7) is 0.763. The lowest BCUT2D eigenvalue weighted by molar-refractivity contribution is 0.886. The van der Waals surface area contributed by atoms with E-state index in [0.717, 1.165) is 29.2 Å². The van der Waals surface area contributed by atoms with Gasteiger partial charge in [0.2, 0.25) is 0 Å². The summed E-state index contributed by atoms with van der Waals surface area (Å²) in [4.78, 5) is 14.9. The van der Waals surface area contributed by atoms with Gasteiger partial charge >= 0.3 is 0 Å². The zero-order chi connectivity index (χ0) is 14.5. The van der Waals surface area contributed by atoms with Gasteiger partial charge in [-0.25, -0.2) is 9.97 Å². The van der Waals surface area contributed by atoms with Gasteiger partial charge in [0, 0.05) is 37.6 Å². The van der Waals surface area contributed by atoms with Crippen LogP contribution in [0.2, 0.25) is 0 Å². The molecule has 120 valence electrons. The van der Waals surface area contributed by atoms with Crippen LogP contribution in [0.3, 0.4) is 0 Å². The predicted octanol–water partition coefficient (Wildman–Crippen LogP) is 4.02. The van der Waals surface area contributed by atoms with Crippen molar-refractivity contribution in [1.82, 2.24) is 15.0 Å². The van der Waals surface area contributed by atoms with Crippen LogP contribution in [-0.4, -0.2) is 22.0 Å². The SMILES string of the molecule is CN(Cc1cccnc1)c1cc(-c2ccccc2)ncn1.Cl.Cl. The van der Waals surface area contributed by atoms with Gasteiger partial charge in [0.1, 0.15) is 12.1 Å². The van der Waals surface area contributed by atoms with Crippen molar-refractivity contribution in [2.75, 3.05) is 11.9 Å². The third-order valence-corrected chi connectivity index (χ3v) is 3.26. The van der Waals surface area contributed by atoms with E-state index in [-0.39, 0.29) is 24.8 Å². The predicted molar refractivity (Wildman–Crippen MR) is 98.3 cm³/mol. The first kappa shape index (κ1) is 18.9. The molecule has 0 aliphatic heterocycles. The summed E-state index contributed by atoms with van der Waals surface area (Å²) in [6, 6.07) is 16.1. The molecule has 0 N–H and O–H groups in total. The summed E-state index contributed by atoms with van der Waals surface area (Å²) in [5.41, 5.74) is 3.18. The molecule has 0 saturated heterocycles. The van der Waals surface area contributed by atoms with E-state index in [1.807, 2.05) is 55.7 Å². The van der Waals surface area contributed by atoms with Crippen LogP contribution in [0.1, 0.15) is 5.56 Å². The van der Waals surface area contributed by atoms with Gasteiger partial charge in [-0.05, 0) is 11.6 Å². The van der Waals surface area contributed by atoms with Gasteiger partial charge < -0.3 is 4.90 Å². The molecule has 0 spiro atoms. The number of hydrogen-bond donors (Lipinski definition) is 0. The monoisotopic (exact) mass is 348 g/mol. The first-order valence-electron chi connectivity index (χ1n) is 6.80. The molecule has 2 heterocycles. The molecule has 0 amide bonds. The van der Waals surface area contributed by atoms with Crippen LogP contribution in [0.4, 0.5) is 5.82 Å². The van der Waals surface area contributed by atoms with E-state index in [4.69, 9.17) is 0 Å². The molecule has 3 aromatic rings. The van der Waals surface area contributed by atoms with Gasteiger partial charge in [0.05, 0.1) is 5.69 Å². The van der Waals surface area contributed by atoms with Crippen LogP contribution < -0.4 is 4.90 Å². The van der Waals surface area contributed by atoms with Crippen molar-refractivity contribution < 1.29 is 0 Å². The van der Waals surface area contributed by atoms with Crippen molar-refractivity contribution >= 4 is 30.6 Å². The number of anilines is 1. The Morgan fingerprint density at radius 3 is 2.43 bits per heavy atom. The van der Waals surface area contributed by atoms with Crippen LogP contribution in [0.25, 0.3) is 11.3 Å². The molecular weight excluding hydrogens is 331 g/mol. The Labute approximate surface area is 148 Å². The average Bonchev–Trinajstić information content (AvgIpc) is 2.57. The number of nitrogens with zero attached hydrogens (tertiary/aromatic N) is 4. The summed E-state index contributed by atoms with van der Waals surface area (Å²) in [5, 5.41) is 0. The van der Waals surface area contributed by atoms with E-state index in [9.17, 15) is 0 Å². The van der Waals surface area contributed by atoms with E-state index in [1.54, 1.807) is 12.5 Å². The molecule has 0 saturated carbocycles. The van der Waals surface area contributed by atoms with E-state index >= 15 is 0 Å². The van der Waals surface area contributed by atoms with Gasteiger partial charge in [-0.1, -0.05) is 36.4 Å². The maximum atomic E-state index is 4.36. The number of benzene rings is 1. The third-order valence-electron chi connectivity index (χ3n) is 3.26. The average molecular weight is 349 g/mol. The van der Waals surface area contributed by atoms with Crippen LogP contribution in [0.15, 0.2) is 67.3 Å². The third kappa shape index (κ3) is 4.91. The summed E-state index contributed by atoms with van der Waals surface area (Å²) in [7, 11) is 2.02. The minimum Gasteiger partial charge on any atom is -0.355 e. The molecule has 0 bridgehead atoms. The van der Waals surface area contributed by atoms with Crippen molar-refractivity contribution in [1.29, 1.82) is 0 Å². The molecule has 2 aromatic heterocycles. The van der Waals surface area contributed by atoms with Crippen molar-refractivity contribution in [2.45, 2.75) is 6.54 Å². The lowest BCUT2D eigenvalue weighted by atomic mass is 10.1. The van der Waals surface area contributed by atoms with Gasteiger partial charge in [-0.3, -0.25) is 4.98 Å². The molecule has 0 fully saturated rings. The maximum Gasteiger partial charge on any atom is 0.132 e. The van der Waals surface area contributed by atoms with Gasteiger partial charge in [0.25, 0.3) is 0 Å². The highest BCUT2D eigenvalue weighted by atomic mass is 35.5. The van der Waals surface area contributed by atoms with E-state index in [0.29, 0.717) is 0 Å². The molecule has 0 aliphatic rings. The molecule has 3 rings (SSSR count). The molecule has 0 radical (unpaired) electrons. The topological polar surface area (TPSA) is 41.9 Å². The normalized spacial score (nSPS) is 9.43. The molecular formula is C17H18Cl2N4. The first-order chi connectivity index (χ1) is 10.3. The number of rotatable bonds is 4. The molecule has 6 heteroatoms. The fourth-order valence-electron chi connectivity index (χ4n) is 2.17. The molecule has 0 aliphatic carbocycles. The smallest absolute Gasteiger partial charge is 0.132 e. The standard InChI is InChI=1S/C17H16N4.2ClH/c1-21(12-14-6-5-9-18-11-14)17-10-16(19-13-20-17)15-7-3-2-4-8-15;;/h2-11,13H,12H2,1H3;2*1H. The fourth-order valence-corrected chi connectivity index (χ4v) is 2.17. The van der Waals surface area contributed by atoms with Crippen LogP contribution in [-0.2, 0) is 6.54 Å². The van der Waals surface area contributed by atoms with E-state index in [1.165, 1.54) is 0 Å². The second kappa shape index (κ2) is 9.08. The molecule has 23 heavy (non-hydrogen) atoms. The maximum absolute atomic E-state index is 4.36. The second-order valence-electron chi connectivity index (χ2n) is 4.84. The lowest BCUT2D eigenvalue weighted by Gasteiger charge is -2.18. The minimum atomic E-state index is 0. The van der Waals surface area contributed by atoms with Gasteiger partial charge in [-0.2, -0.15) is 0 Å². The largest absolute Gasteiger partial charge is 0.355 e. The zero-order valence-corrected chi connectivity index (χ0v) is 14.3. The Hall–Kier alpha value is -2.17. The minimum absolute atomic E-state index is 0. The number of halogens is 2. The number of hydrogen-bond acceptors (Lipinski definition) is 4. The fraction of sp³-hybridized carbons (Fsp3) is 0.118. The summed E-state index contributed by atoms with van der Waals surface area (Å²) in [6.07, 6.45) is 5.26. The summed E-state index contributed by atoms with van der Waals surface area (Å²) >= 11 is 0. The highest BCUT2D eigenvalue weighted by Crippen LogP contribution is 2.20. The van der Waals surface area contributed by atoms with Gasteiger partial charge in [-0.15, -0.1) is 24.8 Å². The first-order valence-corrected chi connectivity index (χ1v) is 6.80. The van der Waals surface area contributed by atoms with Gasteiger partial charge in [0.15, 0.2) is 0 Å². The van der Waals surface area contributed by atoms with Crippen molar-refractivity contribution in [2.24, 2.45) is 0 Å². The highest BCUT2D eigenvalue weighted by Gasteiger charge is 2.06. The molecule has 0 unspecified atom stereocenters. The Bertz CT molecular complexity index is 708. The zero-order valence-electron chi connectivity index (χ0n) is 12.7. The second-order valence-corrected chi connectivity index (χ2v) is 4.84. The molecule has 0 atom stereocenters. The molecule has 1 aromatic carbocycles. The lowest BCUT2D eigenvalue weighted by Crippen LogP contribution is -2.17.